The highest BCUT2D eigenvalue weighted by Crippen LogP contribution is 2.41. The fourth-order valence-electron chi connectivity index (χ4n) is 3.34. The van der Waals surface area contributed by atoms with Crippen LogP contribution in [0.4, 0.5) is 10.7 Å². The molecule has 8 nitrogen and oxygen atoms in total. The topological polar surface area (TPSA) is 108 Å². The molecule has 1 aromatic heterocycles. The van der Waals surface area contributed by atoms with E-state index in [-0.39, 0.29) is 16.8 Å². The van der Waals surface area contributed by atoms with Gasteiger partial charge in [-0.25, -0.2) is 4.79 Å². The number of nitro groups is 1. The summed E-state index contributed by atoms with van der Waals surface area (Å²) in [6.45, 7) is 5.86. The summed E-state index contributed by atoms with van der Waals surface area (Å²) in [5, 5.41) is 14.1. The van der Waals surface area contributed by atoms with E-state index in [9.17, 15) is 19.7 Å². The van der Waals surface area contributed by atoms with E-state index in [1.165, 1.54) is 36.6 Å². The Bertz CT molecular complexity index is 1180. The summed E-state index contributed by atoms with van der Waals surface area (Å²) in [5.41, 5.74) is 2.26. The number of anilines is 1. The van der Waals surface area contributed by atoms with Crippen LogP contribution in [0.5, 0.6) is 5.75 Å². The van der Waals surface area contributed by atoms with Gasteiger partial charge in [0, 0.05) is 27.6 Å². The van der Waals surface area contributed by atoms with Crippen molar-refractivity contribution in [2.75, 3.05) is 19.0 Å². The zero-order chi connectivity index (χ0) is 23.4. The van der Waals surface area contributed by atoms with Crippen LogP contribution in [0.1, 0.15) is 38.1 Å². The van der Waals surface area contributed by atoms with E-state index in [0.29, 0.717) is 28.5 Å². The van der Waals surface area contributed by atoms with E-state index in [1.54, 1.807) is 6.92 Å². The third-order valence-corrected chi connectivity index (χ3v) is 5.83. The minimum atomic E-state index is -0.576. The summed E-state index contributed by atoms with van der Waals surface area (Å²) in [5.74, 6) is -0.341. The number of hydrogen-bond acceptors (Lipinski definition) is 7. The number of methoxy groups -OCH3 is 1. The van der Waals surface area contributed by atoms with Gasteiger partial charge in [-0.2, -0.15) is 0 Å². The second kappa shape index (κ2) is 9.61. The van der Waals surface area contributed by atoms with Crippen molar-refractivity contribution in [3.63, 3.8) is 0 Å². The standard InChI is InChI=1S/C23H22N2O6S/c1-5-31-17-9-6-15(7-10-17)19-14(3)32-22(20(19)23(27)30-4)24-21(26)16-8-11-18(25(28)29)13(2)12-16/h6-12H,5H2,1-4H3,(H,24,26). The number of carbonyl (C=O) groups is 2. The normalized spacial score (nSPS) is 10.5. The van der Waals surface area contributed by atoms with Crippen LogP contribution in [-0.4, -0.2) is 30.5 Å². The number of benzene rings is 2. The molecular formula is C23H22N2O6S. The van der Waals surface area contributed by atoms with Crippen molar-refractivity contribution in [3.8, 4) is 16.9 Å². The first-order valence-corrected chi connectivity index (χ1v) is 10.6. The van der Waals surface area contributed by atoms with Gasteiger partial charge in [0.1, 0.15) is 16.3 Å². The first-order chi connectivity index (χ1) is 15.3. The van der Waals surface area contributed by atoms with E-state index in [2.05, 4.69) is 5.32 Å². The fraction of sp³-hybridized carbons (Fsp3) is 0.217. The molecule has 0 radical (unpaired) electrons. The Morgan fingerprint density at radius 3 is 2.38 bits per heavy atom. The summed E-state index contributed by atoms with van der Waals surface area (Å²) in [4.78, 5) is 36.8. The van der Waals surface area contributed by atoms with Crippen molar-refractivity contribution in [1.82, 2.24) is 0 Å². The van der Waals surface area contributed by atoms with Crippen LogP contribution in [0.15, 0.2) is 42.5 Å². The molecule has 0 atom stereocenters. The molecule has 0 unspecified atom stereocenters. The van der Waals surface area contributed by atoms with Gasteiger partial charge in [-0.1, -0.05) is 12.1 Å². The van der Waals surface area contributed by atoms with E-state index < -0.39 is 16.8 Å². The minimum absolute atomic E-state index is 0.0680. The molecule has 9 heteroatoms. The first kappa shape index (κ1) is 23.0. The Labute approximate surface area is 188 Å². The highest BCUT2D eigenvalue weighted by molar-refractivity contribution is 7.17. The van der Waals surface area contributed by atoms with Crippen LogP contribution in [0.2, 0.25) is 0 Å². The molecule has 0 saturated carbocycles. The number of nitro benzene ring substituents is 1. The molecule has 1 N–H and O–H groups in total. The second-order valence-electron chi connectivity index (χ2n) is 6.90. The van der Waals surface area contributed by atoms with Crippen LogP contribution in [0.3, 0.4) is 0 Å². The summed E-state index contributed by atoms with van der Waals surface area (Å²) in [7, 11) is 1.28. The molecule has 0 aliphatic heterocycles. The number of amides is 1. The molecule has 0 fully saturated rings. The highest BCUT2D eigenvalue weighted by atomic mass is 32.1. The molecule has 0 aliphatic rings. The van der Waals surface area contributed by atoms with E-state index in [0.717, 1.165) is 10.4 Å². The molecule has 0 bridgehead atoms. The number of nitrogens with zero attached hydrogens (tertiary/aromatic N) is 1. The molecule has 0 aliphatic carbocycles. The maximum Gasteiger partial charge on any atom is 0.341 e. The van der Waals surface area contributed by atoms with Crippen LogP contribution in [0.25, 0.3) is 11.1 Å². The molecule has 166 valence electrons. The van der Waals surface area contributed by atoms with Crippen LogP contribution >= 0.6 is 11.3 Å². The SMILES string of the molecule is CCOc1ccc(-c2c(C)sc(NC(=O)c3ccc([N+](=O)[O-])c(C)c3)c2C(=O)OC)cc1. The number of ether oxygens (including phenoxy) is 2. The minimum Gasteiger partial charge on any atom is -0.494 e. The predicted molar refractivity (Wildman–Crippen MR) is 123 cm³/mol. The fourth-order valence-corrected chi connectivity index (χ4v) is 4.40. The zero-order valence-electron chi connectivity index (χ0n) is 18.1. The third-order valence-electron chi connectivity index (χ3n) is 4.81. The van der Waals surface area contributed by atoms with Crippen molar-refractivity contribution in [2.45, 2.75) is 20.8 Å². The summed E-state index contributed by atoms with van der Waals surface area (Å²) < 4.78 is 10.5. The maximum atomic E-state index is 12.8. The van der Waals surface area contributed by atoms with E-state index in [1.807, 2.05) is 38.1 Å². The smallest absolute Gasteiger partial charge is 0.341 e. The number of hydrogen-bond donors (Lipinski definition) is 1. The Morgan fingerprint density at radius 2 is 1.81 bits per heavy atom. The van der Waals surface area contributed by atoms with Gasteiger partial charge < -0.3 is 14.8 Å². The van der Waals surface area contributed by atoms with Crippen molar-refractivity contribution in [1.29, 1.82) is 0 Å². The molecule has 1 amide bonds. The van der Waals surface area contributed by atoms with Crippen molar-refractivity contribution >= 4 is 33.9 Å². The van der Waals surface area contributed by atoms with Crippen LogP contribution < -0.4 is 10.1 Å². The Hall–Kier alpha value is -3.72. The maximum absolute atomic E-state index is 12.8. The predicted octanol–water partition coefficient (Wildman–Crippen LogP) is 5.38. The van der Waals surface area contributed by atoms with Gasteiger partial charge in [0.2, 0.25) is 0 Å². The lowest BCUT2D eigenvalue weighted by Crippen LogP contribution is -2.14. The van der Waals surface area contributed by atoms with Gasteiger partial charge in [0.15, 0.2) is 0 Å². The summed E-state index contributed by atoms with van der Waals surface area (Å²) in [6, 6.07) is 11.4. The third kappa shape index (κ3) is 4.62. The first-order valence-electron chi connectivity index (χ1n) is 9.78. The van der Waals surface area contributed by atoms with E-state index >= 15 is 0 Å². The Morgan fingerprint density at radius 1 is 1.12 bits per heavy atom. The molecule has 1 heterocycles. The van der Waals surface area contributed by atoms with Gasteiger partial charge in [-0.05, 0) is 50.6 Å². The number of esters is 1. The average Bonchev–Trinajstić information content (AvgIpc) is 3.09. The van der Waals surface area contributed by atoms with Gasteiger partial charge in [0.25, 0.3) is 11.6 Å². The molecule has 3 aromatic rings. The van der Waals surface area contributed by atoms with Gasteiger partial charge in [0.05, 0.1) is 18.6 Å². The van der Waals surface area contributed by atoms with Crippen molar-refractivity contribution in [2.24, 2.45) is 0 Å². The number of nitrogens with one attached hydrogen (secondary N) is 1. The monoisotopic (exact) mass is 454 g/mol. The number of carbonyl (C=O) groups excluding carboxylic acids is 2. The van der Waals surface area contributed by atoms with Crippen molar-refractivity contribution in [3.05, 3.63) is 74.1 Å². The molecule has 0 spiro atoms. The van der Waals surface area contributed by atoms with Gasteiger partial charge in [-0.15, -0.1) is 11.3 Å². The molecule has 32 heavy (non-hydrogen) atoms. The Kier molecular flexibility index (Phi) is 6.89. The largest absolute Gasteiger partial charge is 0.494 e. The second-order valence-corrected chi connectivity index (χ2v) is 8.12. The molecule has 3 rings (SSSR count). The lowest BCUT2D eigenvalue weighted by atomic mass is 10.0. The lowest BCUT2D eigenvalue weighted by Gasteiger charge is -2.09. The van der Waals surface area contributed by atoms with Gasteiger partial charge >= 0.3 is 5.97 Å². The molecule has 2 aromatic carbocycles. The highest BCUT2D eigenvalue weighted by Gasteiger charge is 2.26. The Balaban J connectivity index is 1.99. The zero-order valence-corrected chi connectivity index (χ0v) is 18.9. The van der Waals surface area contributed by atoms with Crippen LogP contribution in [-0.2, 0) is 4.74 Å². The summed E-state index contributed by atoms with van der Waals surface area (Å²) >= 11 is 1.26. The number of aryl methyl sites for hydroxylation is 2. The van der Waals surface area contributed by atoms with Gasteiger partial charge in [-0.3, -0.25) is 14.9 Å². The van der Waals surface area contributed by atoms with Crippen LogP contribution in [0, 0.1) is 24.0 Å². The number of rotatable bonds is 7. The summed E-state index contributed by atoms with van der Waals surface area (Å²) in [6.07, 6.45) is 0. The average molecular weight is 455 g/mol. The molecular weight excluding hydrogens is 432 g/mol. The number of thiophene rings is 1. The quantitative estimate of drug-likeness (QED) is 0.292. The van der Waals surface area contributed by atoms with E-state index in [4.69, 9.17) is 9.47 Å². The lowest BCUT2D eigenvalue weighted by molar-refractivity contribution is -0.385. The van der Waals surface area contributed by atoms with Crippen molar-refractivity contribution < 1.29 is 24.0 Å². The molecule has 0 saturated heterocycles.